The van der Waals surface area contributed by atoms with E-state index < -0.39 is 23.0 Å². The third kappa shape index (κ3) is 3.73. The number of aliphatic hydroxyl groups excluding tert-OH is 1. The SMILES string of the molecule is CC(C)(C)NC(=O)C1(C)OC(=O)C(CCc2ccccc2)=C1O. The molecule has 0 aliphatic carbocycles. The van der Waals surface area contributed by atoms with Gasteiger partial charge in [0.2, 0.25) is 5.60 Å². The molecule has 0 radical (unpaired) electrons. The van der Waals surface area contributed by atoms with Crippen molar-refractivity contribution in [3.05, 3.63) is 47.2 Å². The van der Waals surface area contributed by atoms with Crippen LogP contribution in [0.15, 0.2) is 41.7 Å². The van der Waals surface area contributed by atoms with Gasteiger partial charge in [-0.05, 0) is 46.1 Å². The minimum Gasteiger partial charge on any atom is -0.507 e. The molecule has 2 rings (SSSR count). The van der Waals surface area contributed by atoms with E-state index in [4.69, 9.17) is 4.74 Å². The molecule has 0 saturated heterocycles. The highest BCUT2D eigenvalue weighted by atomic mass is 16.6. The summed E-state index contributed by atoms with van der Waals surface area (Å²) in [6.45, 7) is 6.88. The number of benzene rings is 1. The van der Waals surface area contributed by atoms with Crippen molar-refractivity contribution < 1.29 is 19.4 Å². The maximum absolute atomic E-state index is 12.4. The first-order valence-electron chi connectivity index (χ1n) is 7.66. The highest BCUT2D eigenvalue weighted by molar-refractivity contribution is 6.01. The molecular weight excluding hydrogens is 294 g/mol. The fourth-order valence-corrected chi connectivity index (χ4v) is 2.43. The zero-order valence-electron chi connectivity index (χ0n) is 14.0. The van der Waals surface area contributed by atoms with Crippen LogP contribution < -0.4 is 5.32 Å². The van der Waals surface area contributed by atoms with Crippen LogP contribution >= 0.6 is 0 Å². The Morgan fingerprint density at radius 1 is 1.22 bits per heavy atom. The van der Waals surface area contributed by atoms with E-state index in [2.05, 4.69) is 5.32 Å². The van der Waals surface area contributed by atoms with Crippen LogP contribution in [0, 0.1) is 0 Å². The van der Waals surface area contributed by atoms with Gasteiger partial charge in [0.25, 0.3) is 5.91 Å². The second-order valence-electron chi connectivity index (χ2n) is 6.94. The Bertz CT molecular complexity index is 643. The first-order chi connectivity index (χ1) is 10.6. The molecule has 0 spiro atoms. The van der Waals surface area contributed by atoms with Crippen molar-refractivity contribution in [1.82, 2.24) is 5.32 Å². The van der Waals surface area contributed by atoms with Crippen LogP contribution in [0.2, 0.25) is 0 Å². The number of aryl methyl sites for hydroxylation is 1. The summed E-state index contributed by atoms with van der Waals surface area (Å²) in [4.78, 5) is 24.4. The van der Waals surface area contributed by atoms with Gasteiger partial charge in [-0.15, -0.1) is 0 Å². The third-order valence-electron chi connectivity index (χ3n) is 3.71. The summed E-state index contributed by atoms with van der Waals surface area (Å²) in [7, 11) is 0. The number of hydrogen-bond acceptors (Lipinski definition) is 4. The fraction of sp³-hybridized carbons (Fsp3) is 0.444. The number of carbonyl (C=O) groups is 2. The van der Waals surface area contributed by atoms with Gasteiger partial charge in [0, 0.05) is 5.54 Å². The van der Waals surface area contributed by atoms with Crippen LogP contribution in [-0.4, -0.2) is 28.1 Å². The topological polar surface area (TPSA) is 75.6 Å². The second-order valence-corrected chi connectivity index (χ2v) is 6.94. The maximum Gasteiger partial charge on any atom is 0.339 e. The van der Waals surface area contributed by atoms with Gasteiger partial charge in [-0.25, -0.2) is 4.79 Å². The highest BCUT2D eigenvalue weighted by Gasteiger charge is 2.50. The summed E-state index contributed by atoms with van der Waals surface area (Å²) in [5.41, 5.74) is -0.926. The lowest BCUT2D eigenvalue weighted by Gasteiger charge is -2.28. The van der Waals surface area contributed by atoms with E-state index in [0.717, 1.165) is 5.56 Å². The van der Waals surface area contributed by atoms with Crippen LogP contribution in [0.5, 0.6) is 0 Å². The van der Waals surface area contributed by atoms with Gasteiger partial charge in [-0.3, -0.25) is 4.79 Å². The Morgan fingerprint density at radius 2 is 1.83 bits per heavy atom. The van der Waals surface area contributed by atoms with E-state index in [1.165, 1.54) is 6.92 Å². The quantitative estimate of drug-likeness (QED) is 0.837. The van der Waals surface area contributed by atoms with E-state index in [-0.39, 0.29) is 11.3 Å². The van der Waals surface area contributed by atoms with Crippen molar-refractivity contribution in [1.29, 1.82) is 0 Å². The normalized spacial score (nSPS) is 21.3. The Labute approximate surface area is 136 Å². The fourth-order valence-electron chi connectivity index (χ4n) is 2.43. The summed E-state index contributed by atoms with van der Waals surface area (Å²) in [5.74, 6) is -1.45. The molecule has 5 heteroatoms. The molecule has 124 valence electrons. The molecule has 0 fully saturated rings. The van der Waals surface area contributed by atoms with Crippen LogP contribution in [0.25, 0.3) is 0 Å². The van der Waals surface area contributed by atoms with Crippen molar-refractivity contribution in [3.63, 3.8) is 0 Å². The van der Waals surface area contributed by atoms with E-state index in [1.54, 1.807) is 0 Å². The molecule has 1 aliphatic rings. The Balaban J connectivity index is 2.17. The number of aliphatic hydroxyl groups is 1. The summed E-state index contributed by atoms with van der Waals surface area (Å²) >= 11 is 0. The van der Waals surface area contributed by atoms with Crippen molar-refractivity contribution >= 4 is 11.9 Å². The monoisotopic (exact) mass is 317 g/mol. The zero-order chi connectivity index (χ0) is 17.3. The van der Waals surface area contributed by atoms with E-state index in [1.807, 2.05) is 51.1 Å². The molecule has 0 aromatic heterocycles. The van der Waals surface area contributed by atoms with Gasteiger partial charge in [0.05, 0.1) is 5.57 Å². The predicted molar refractivity (Wildman–Crippen MR) is 86.8 cm³/mol. The minimum atomic E-state index is -1.66. The molecular formula is C18H23NO4. The summed E-state index contributed by atoms with van der Waals surface area (Å²) in [5, 5.41) is 13.1. The number of carbonyl (C=O) groups excluding carboxylic acids is 2. The van der Waals surface area contributed by atoms with Crippen LogP contribution in [-0.2, 0) is 20.7 Å². The Kier molecular flexibility index (Phi) is 4.50. The number of hydrogen-bond donors (Lipinski definition) is 2. The number of rotatable bonds is 4. The lowest BCUT2D eigenvalue weighted by atomic mass is 9.96. The molecule has 1 amide bonds. The first-order valence-corrected chi connectivity index (χ1v) is 7.66. The van der Waals surface area contributed by atoms with Crippen molar-refractivity contribution in [3.8, 4) is 0 Å². The molecule has 5 nitrogen and oxygen atoms in total. The van der Waals surface area contributed by atoms with Gasteiger partial charge in [0.15, 0.2) is 5.76 Å². The zero-order valence-corrected chi connectivity index (χ0v) is 14.0. The Morgan fingerprint density at radius 3 is 2.39 bits per heavy atom. The van der Waals surface area contributed by atoms with Crippen LogP contribution in [0.3, 0.4) is 0 Å². The average Bonchev–Trinajstić information content (AvgIpc) is 2.67. The smallest absolute Gasteiger partial charge is 0.339 e. The number of esters is 1. The summed E-state index contributed by atoms with van der Waals surface area (Å²) in [6.07, 6.45) is 0.916. The molecule has 1 atom stereocenters. The molecule has 2 N–H and O–H groups in total. The minimum absolute atomic E-state index is 0.167. The summed E-state index contributed by atoms with van der Waals surface area (Å²) in [6, 6.07) is 9.64. The van der Waals surface area contributed by atoms with Crippen LogP contribution in [0.4, 0.5) is 0 Å². The average molecular weight is 317 g/mol. The molecule has 1 heterocycles. The first kappa shape index (κ1) is 17.1. The molecule has 1 unspecified atom stereocenters. The molecule has 1 aliphatic heterocycles. The van der Waals surface area contributed by atoms with Crippen molar-refractivity contribution in [2.45, 2.75) is 51.7 Å². The van der Waals surface area contributed by atoms with Crippen molar-refractivity contribution in [2.24, 2.45) is 0 Å². The molecule has 23 heavy (non-hydrogen) atoms. The maximum atomic E-state index is 12.4. The summed E-state index contributed by atoms with van der Waals surface area (Å²) < 4.78 is 5.19. The highest BCUT2D eigenvalue weighted by Crippen LogP contribution is 2.33. The predicted octanol–water partition coefficient (Wildman–Crippen LogP) is 2.66. The number of amides is 1. The molecule has 1 aromatic rings. The van der Waals surface area contributed by atoms with Gasteiger partial charge < -0.3 is 15.2 Å². The third-order valence-corrected chi connectivity index (χ3v) is 3.71. The van der Waals surface area contributed by atoms with Gasteiger partial charge in [-0.1, -0.05) is 30.3 Å². The van der Waals surface area contributed by atoms with E-state index >= 15 is 0 Å². The largest absolute Gasteiger partial charge is 0.507 e. The van der Waals surface area contributed by atoms with Gasteiger partial charge in [-0.2, -0.15) is 0 Å². The molecule has 1 aromatic carbocycles. The molecule has 0 saturated carbocycles. The lowest BCUT2D eigenvalue weighted by Crippen LogP contribution is -2.52. The Hall–Kier alpha value is -2.30. The lowest BCUT2D eigenvalue weighted by molar-refractivity contribution is -0.158. The van der Waals surface area contributed by atoms with Gasteiger partial charge >= 0.3 is 5.97 Å². The van der Waals surface area contributed by atoms with Gasteiger partial charge in [0.1, 0.15) is 0 Å². The van der Waals surface area contributed by atoms with Crippen molar-refractivity contribution in [2.75, 3.05) is 0 Å². The number of nitrogens with one attached hydrogen (secondary N) is 1. The number of cyclic esters (lactones) is 1. The second kappa shape index (κ2) is 6.07. The number of ether oxygens (including phenoxy) is 1. The standard InChI is InChI=1S/C18H23NO4/c1-17(2,3)19-16(22)18(4)14(20)13(15(21)23-18)11-10-12-8-6-5-7-9-12/h5-9,20H,10-11H2,1-4H3,(H,19,22). The molecule has 0 bridgehead atoms. The van der Waals surface area contributed by atoms with E-state index in [0.29, 0.717) is 12.8 Å². The van der Waals surface area contributed by atoms with Crippen LogP contribution in [0.1, 0.15) is 39.7 Å². The van der Waals surface area contributed by atoms with E-state index in [9.17, 15) is 14.7 Å².